The Bertz CT molecular complexity index is 225. The molecule has 16 heavy (non-hydrogen) atoms. The van der Waals surface area contributed by atoms with E-state index >= 15 is 0 Å². The zero-order valence-electron chi connectivity index (χ0n) is 10.6. The molecule has 94 valence electrons. The van der Waals surface area contributed by atoms with Crippen LogP contribution in [-0.4, -0.2) is 26.2 Å². The molecular formula is C12H22O4. The monoisotopic (exact) mass is 230 g/mol. The van der Waals surface area contributed by atoms with Gasteiger partial charge in [-0.1, -0.05) is 26.7 Å². The average molecular weight is 230 g/mol. The Morgan fingerprint density at radius 3 is 2.19 bits per heavy atom. The van der Waals surface area contributed by atoms with Crippen molar-refractivity contribution in [3.05, 3.63) is 0 Å². The maximum absolute atomic E-state index is 11.1. The van der Waals surface area contributed by atoms with Gasteiger partial charge in [0.15, 0.2) is 0 Å². The molecule has 0 aliphatic heterocycles. The van der Waals surface area contributed by atoms with E-state index in [1.165, 1.54) is 14.2 Å². The SMILES string of the molecule is COC(=O)CC(C)CCCC(C)C(=O)OC. The summed E-state index contributed by atoms with van der Waals surface area (Å²) in [5, 5.41) is 0. The van der Waals surface area contributed by atoms with Gasteiger partial charge in [0.25, 0.3) is 0 Å². The molecule has 0 spiro atoms. The fourth-order valence-corrected chi connectivity index (χ4v) is 1.56. The smallest absolute Gasteiger partial charge is 0.308 e. The Labute approximate surface area is 97.3 Å². The Balaban J connectivity index is 3.65. The predicted molar refractivity (Wildman–Crippen MR) is 60.8 cm³/mol. The highest BCUT2D eigenvalue weighted by atomic mass is 16.5. The summed E-state index contributed by atoms with van der Waals surface area (Å²) >= 11 is 0. The van der Waals surface area contributed by atoms with Crippen LogP contribution in [0.4, 0.5) is 0 Å². The normalized spacial score (nSPS) is 14.0. The van der Waals surface area contributed by atoms with E-state index in [9.17, 15) is 9.59 Å². The van der Waals surface area contributed by atoms with Crippen LogP contribution in [0, 0.1) is 11.8 Å². The minimum atomic E-state index is -0.173. The molecule has 0 aliphatic rings. The highest BCUT2D eigenvalue weighted by Crippen LogP contribution is 2.16. The molecule has 0 radical (unpaired) electrons. The second-order valence-electron chi connectivity index (χ2n) is 4.24. The first-order valence-electron chi connectivity index (χ1n) is 5.65. The van der Waals surface area contributed by atoms with Crippen LogP contribution in [0.5, 0.6) is 0 Å². The first-order valence-corrected chi connectivity index (χ1v) is 5.65. The Hall–Kier alpha value is -1.06. The van der Waals surface area contributed by atoms with E-state index in [0.29, 0.717) is 12.3 Å². The Kier molecular flexibility index (Phi) is 7.60. The number of carbonyl (C=O) groups is 2. The molecule has 0 fully saturated rings. The Morgan fingerprint density at radius 2 is 1.69 bits per heavy atom. The van der Waals surface area contributed by atoms with Gasteiger partial charge in [0.2, 0.25) is 0 Å². The van der Waals surface area contributed by atoms with E-state index in [1.54, 1.807) is 0 Å². The van der Waals surface area contributed by atoms with Gasteiger partial charge < -0.3 is 9.47 Å². The molecule has 0 aliphatic carbocycles. The lowest BCUT2D eigenvalue weighted by Crippen LogP contribution is -2.13. The maximum atomic E-state index is 11.1. The number of hydrogen-bond donors (Lipinski definition) is 0. The second-order valence-corrected chi connectivity index (χ2v) is 4.24. The minimum absolute atomic E-state index is 0.0599. The summed E-state index contributed by atoms with van der Waals surface area (Å²) in [4.78, 5) is 22.1. The van der Waals surface area contributed by atoms with Crippen molar-refractivity contribution in [1.82, 2.24) is 0 Å². The van der Waals surface area contributed by atoms with Crippen LogP contribution in [0.3, 0.4) is 0 Å². The van der Waals surface area contributed by atoms with Gasteiger partial charge in [-0.3, -0.25) is 9.59 Å². The van der Waals surface area contributed by atoms with E-state index in [-0.39, 0.29) is 17.9 Å². The fraction of sp³-hybridized carbons (Fsp3) is 0.833. The highest BCUT2D eigenvalue weighted by Gasteiger charge is 2.14. The van der Waals surface area contributed by atoms with Crippen molar-refractivity contribution in [1.29, 1.82) is 0 Å². The Morgan fingerprint density at radius 1 is 1.06 bits per heavy atom. The number of hydrogen-bond acceptors (Lipinski definition) is 4. The molecule has 0 bridgehead atoms. The lowest BCUT2D eigenvalue weighted by atomic mass is 9.97. The molecule has 4 nitrogen and oxygen atoms in total. The van der Waals surface area contributed by atoms with Crippen LogP contribution in [0.2, 0.25) is 0 Å². The fourth-order valence-electron chi connectivity index (χ4n) is 1.56. The standard InChI is InChI=1S/C12H22O4/c1-9(8-11(13)15-3)6-5-7-10(2)12(14)16-4/h9-10H,5-8H2,1-4H3. The van der Waals surface area contributed by atoms with Crippen molar-refractivity contribution in [2.24, 2.45) is 11.8 Å². The number of methoxy groups -OCH3 is 2. The molecule has 0 aromatic heterocycles. The first kappa shape index (κ1) is 14.9. The third kappa shape index (κ3) is 6.43. The van der Waals surface area contributed by atoms with Crippen LogP contribution in [0.25, 0.3) is 0 Å². The van der Waals surface area contributed by atoms with Crippen LogP contribution in [0.15, 0.2) is 0 Å². The van der Waals surface area contributed by atoms with E-state index in [2.05, 4.69) is 9.47 Å². The van der Waals surface area contributed by atoms with Gasteiger partial charge in [-0.15, -0.1) is 0 Å². The molecule has 0 saturated heterocycles. The lowest BCUT2D eigenvalue weighted by Gasteiger charge is -2.12. The molecule has 0 saturated carbocycles. The van der Waals surface area contributed by atoms with Crippen LogP contribution >= 0.6 is 0 Å². The minimum Gasteiger partial charge on any atom is -0.469 e. The van der Waals surface area contributed by atoms with Crippen molar-refractivity contribution >= 4 is 11.9 Å². The summed E-state index contributed by atoms with van der Waals surface area (Å²) < 4.78 is 9.23. The van der Waals surface area contributed by atoms with E-state index in [0.717, 1.165) is 19.3 Å². The number of carbonyl (C=O) groups excluding carboxylic acids is 2. The molecule has 0 heterocycles. The van der Waals surface area contributed by atoms with E-state index in [4.69, 9.17) is 0 Å². The lowest BCUT2D eigenvalue weighted by molar-refractivity contribution is -0.145. The third-order valence-electron chi connectivity index (χ3n) is 2.68. The van der Waals surface area contributed by atoms with Gasteiger partial charge in [-0.05, 0) is 12.3 Å². The van der Waals surface area contributed by atoms with Gasteiger partial charge in [-0.25, -0.2) is 0 Å². The van der Waals surface area contributed by atoms with Crippen molar-refractivity contribution in [3.8, 4) is 0 Å². The summed E-state index contributed by atoms with van der Waals surface area (Å²) in [6.07, 6.45) is 3.10. The van der Waals surface area contributed by atoms with Gasteiger partial charge in [0.05, 0.1) is 20.1 Å². The van der Waals surface area contributed by atoms with Gasteiger partial charge >= 0.3 is 11.9 Å². The van der Waals surface area contributed by atoms with Gasteiger partial charge in [0, 0.05) is 6.42 Å². The average Bonchev–Trinajstić information content (AvgIpc) is 2.27. The number of ether oxygens (including phenoxy) is 2. The van der Waals surface area contributed by atoms with E-state index < -0.39 is 0 Å². The first-order chi connectivity index (χ1) is 7.51. The van der Waals surface area contributed by atoms with Crippen molar-refractivity contribution in [3.63, 3.8) is 0 Å². The molecule has 2 unspecified atom stereocenters. The van der Waals surface area contributed by atoms with Gasteiger partial charge in [-0.2, -0.15) is 0 Å². The third-order valence-corrected chi connectivity index (χ3v) is 2.68. The molecule has 2 atom stereocenters. The molecule has 0 rings (SSSR count). The summed E-state index contributed by atoms with van der Waals surface area (Å²) in [5.74, 6) is -0.0956. The zero-order valence-corrected chi connectivity index (χ0v) is 10.6. The van der Waals surface area contributed by atoms with Crippen molar-refractivity contribution in [2.45, 2.75) is 39.5 Å². The van der Waals surface area contributed by atoms with Crippen LogP contribution in [0.1, 0.15) is 39.5 Å². The molecular weight excluding hydrogens is 208 g/mol. The van der Waals surface area contributed by atoms with Crippen molar-refractivity contribution in [2.75, 3.05) is 14.2 Å². The van der Waals surface area contributed by atoms with Crippen LogP contribution in [-0.2, 0) is 19.1 Å². The molecule has 4 heteroatoms. The van der Waals surface area contributed by atoms with Crippen molar-refractivity contribution < 1.29 is 19.1 Å². The second kappa shape index (κ2) is 8.13. The maximum Gasteiger partial charge on any atom is 0.308 e. The largest absolute Gasteiger partial charge is 0.469 e. The predicted octanol–water partition coefficient (Wildman–Crippen LogP) is 2.17. The summed E-state index contributed by atoms with van der Waals surface area (Å²) in [6.45, 7) is 3.87. The van der Waals surface area contributed by atoms with E-state index in [1.807, 2.05) is 13.8 Å². The van der Waals surface area contributed by atoms with Crippen LogP contribution < -0.4 is 0 Å². The summed E-state index contributed by atoms with van der Waals surface area (Å²) in [5.41, 5.74) is 0. The molecule has 0 N–H and O–H groups in total. The number of esters is 2. The summed E-state index contributed by atoms with van der Waals surface area (Å²) in [6, 6.07) is 0. The summed E-state index contributed by atoms with van der Waals surface area (Å²) in [7, 11) is 2.80. The topological polar surface area (TPSA) is 52.6 Å². The number of rotatable bonds is 7. The van der Waals surface area contributed by atoms with Gasteiger partial charge in [0.1, 0.15) is 0 Å². The quantitative estimate of drug-likeness (QED) is 0.629. The highest BCUT2D eigenvalue weighted by molar-refractivity contribution is 5.71. The zero-order chi connectivity index (χ0) is 12.6. The molecule has 0 amide bonds. The molecule has 0 aromatic carbocycles. The molecule has 0 aromatic rings.